The number of hydrogen-bond donors (Lipinski definition) is 0. The van der Waals surface area contributed by atoms with Crippen LogP contribution in [0.25, 0.3) is 0 Å². The third-order valence-corrected chi connectivity index (χ3v) is 1.00. The highest BCUT2D eigenvalue weighted by molar-refractivity contribution is 6.25. The number of halogens is 1. The Balaban J connectivity index is 2.93. The molecule has 0 spiro atoms. The van der Waals surface area contributed by atoms with Crippen LogP contribution >= 0.6 is 11.6 Å². The Kier molecular flexibility index (Phi) is 6.58. The fourth-order valence-electron chi connectivity index (χ4n) is 0.422. The van der Waals surface area contributed by atoms with E-state index in [9.17, 15) is 0 Å². The van der Waals surface area contributed by atoms with E-state index in [1.54, 1.807) is 5.54 Å². The number of unbranched alkanes of at least 4 members (excludes halogenated alkanes) is 1. The molecule has 1 heteroatoms. The van der Waals surface area contributed by atoms with Crippen LogP contribution in [0.5, 0.6) is 0 Å². The molecule has 0 unspecified atom stereocenters. The summed E-state index contributed by atoms with van der Waals surface area (Å²) in [5.74, 6) is 0. The molecular weight excluding hydrogens is 120 g/mol. The second kappa shape index (κ2) is 6.77. The minimum atomic E-state index is 1.05. The van der Waals surface area contributed by atoms with Gasteiger partial charge in [0.25, 0.3) is 0 Å². The number of hydrogen-bond acceptors (Lipinski definition) is 0. The van der Waals surface area contributed by atoms with E-state index in [4.69, 9.17) is 11.6 Å². The summed E-state index contributed by atoms with van der Waals surface area (Å²) < 4.78 is 0. The van der Waals surface area contributed by atoms with Crippen molar-refractivity contribution in [3.05, 3.63) is 23.8 Å². The van der Waals surface area contributed by atoms with E-state index in [0.717, 1.165) is 12.8 Å². The van der Waals surface area contributed by atoms with E-state index in [-0.39, 0.29) is 0 Å². The van der Waals surface area contributed by atoms with Gasteiger partial charge in [-0.15, -0.1) is 0 Å². The summed E-state index contributed by atoms with van der Waals surface area (Å²) in [6, 6.07) is 0. The summed E-state index contributed by atoms with van der Waals surface area (Å²) in [5, 5.41) is 0. The van der Waals surface area contributed by atoms with E-state index in [0.29, 0.717) is 0 Å². The Morgan fingerprint density at radius 2 is 1.88 bits per heavy atom. The summed E-state index contributed by atoms with van der Waals surface area (Å²) in [6.07, 6.45) is 8.26. The molecule has 0 aliphatic carbocycles. The van der Waals surface area contributed by atoms with Crippen LogP contribution in [-0.4, -0.2) is 0 Å². The molecule has 46 valence electrons. The molecule has 0 N–H and O–H groups in total. The van der Waals surface area contributed by atoms with E-state index < -0.39 is 0 Å². The topological polar surface area (TPSA) is 0 Å². The second-order valence-corrected chi connectivity index (χ2v) is 1.76. The van der Waals surface area contributed by atoms with E-state index >= 15 is 0 Å². The van der Waals surface area contributed by atoms with Gasteiger partial charge in [0.2, 0.25) is 0 Å². The molecule has 0 aromatic heterocycles. The first kappa shape index (κ1) is 7.77. The van der Waals surface area contributed by atoms with E-state index in [1.165, 1.54) is 0 Å². The predicted octanol–water partition coefficient (Wildman–Crippen LogP) is 3.10. The van der Waals surface area contributed by atoms with Crippen molar-refractivity contribution in [3.8, 4) is 0 Å². The van der Waals surface area contributed by atoms with Crippen LogP contribution in [0.3, 0.4) is 0 Å². The van der Waals surface area contributed by atoms with Crippen LogP contribution < -0.4 is 0 Å². The Labute approximate surface area is 55.9 Å². The van der Waals surface area contributed by atoms with Gasteiger partial charge in [0, 0.05) is 5.54 Å². The van der Waals surface area contributed by atoms with Gasteiger partial charge in [-0.1, -0.05) is 29.8 Å². The molecule has 0 aliphatic heterocycles. The van der Waals surface area contributed by atoms with Crippen molar-refractivity contribution in [2.24, 2.45) is 0 Å². The van der Waals surface area contributed by atoms with Crippen molar-refractivity contribution in [2.75, 3.05) is 0 Å². The quantitative estimate of drug-likeness (QED) is 0.407. The first-order valence-electron chi connectivity index (χ1n) is 2.78. The van der Waals surface area contributed by atoms with Gasteiger partial charge in [-0.3, -0.25) is 0 Å². The van der Waals surface area contributed by atoms with E-state index in [1.807, 2.05) is 19.1 Å². The van der Waals surface area contributed by atoms with Gasteiger partial charge < -0.3 is 0 Å². The summed E-state index contributed by atoms with van der Waals surface area (Å²) in [6.45, 7) is 2.02. The van der Waals surface area contributed by atoms with Gasteiger partial charge in [0.1, 0.15) is 0 Å². The van der Waals surface area contributed by atoms with Crippen LogP contribution in [-0.2, 0) is 0 Å². The lowest BCUT2D eigenvalue weighted by Crippen LogP contribution is -1.60. The van der Waals surface area contributed by atoms with Crippen LogP contribution in [0.1, 0.15) is 19.8 Å². The highest BCUT2D eigenvalue weighted by atomic mass is 35.5. The molecular formula is C7H11Cl. The molecule has 0 saturated carbocycles. The van der Waals surface area contributed by atoms with Crippen molar-refractivity contribution < 1.29 is 0 Å². The summed E-state index contributed by atoms with van der Waals surface area (Å²) >= 11 is 5.28. The molecule has 0 aliphatic rings. The Morgan fingerprint density at radius 3 is 2.38 bits per heavy atom. The van der Waals surface area contributed by atoms with Gasteiger partial charge in [-0.2, -0.15) is 0 Å². The van der Waals surface area contributed by atoms with Gasteiger partial charge >= 0.3 is 0 Å². The third kappa shape index (κ3) is 5.77. The van der Waals surface area contributed by atoms with Crippen molar-refractivity contribution >= 4 is 11.6 Å². The largest absolute Gasteiger partial charge is 0.0933 e. The summed E-state index contributed by atoms with van der Waals surface area (Å²) in [5.41, 5.74) is 1.56. The molecule has 0 fully saturated rings. The molecule has 0 amide bonds. The summed E-state index contributed by atoms with van der Waals surface area (Å²) in [7, 11) is 0. The highest BCUT2D eigenvalue weighted by Crippen LogP contribution is 1.92. The predicted molar refractivity (Wildman–Crippen MR) is 39.0 cm³/mol. The Bertz CT molecular complexity index is 70.4. The standard InChI is InChI=1S/C7H11Cl/c1-2-3-4-5-6-7-8/h2-3,6-7H,4-5H2,1H3/b3-2+,7-6+. The zero-order chi connectivity index (χ0) is 6.24. The van der Waals surface area contributed by atoms with Crippen LogP contribution in [0.15, 0.2) is 23.8 Å². The normalized spacial score (nSPS) is 11.8. The van der Waals surface area contributed by atoms with Crippen molar-refractivity contribution in [3.63, 3.8) is 0 Å². The van der Waals surface area contributed by atoms with Crippen LogP contribution in [0.4, 0.5) is 0 Å². The fourth-order valence-corrected chi connectivity index (χ4v) is 0.548. The van der Waals surface area contributed by atoms with Gasteiger partial charge in [0.05, 0.1) is 0 Å². The maximum Gasteiger partial charge on any atom is 0.000256 e. The maximum atomic E-state index is 5.28. The highest BCUT2D eigenvalue weighted by Gasteiger charge is 1.71. The van der Waals surface area contributed by atoms with Crippen LogP contribution in [0, 0.1) is 0 Å². The van der Waals surface area contributed by atoms with Crippen molar-refractivity contribution in [1.82, 2.24) is 0 Å². The van der Waals surface area contributed by atoms with Crippen molar-refractivity contribution in [1.29, 1.82) is 0 Å². The summed E-state index contributed by atoms with van der Waals surface area (Å²) in [4.78, 5) is 0. The molecule has 0 bridgehead atoms. The van der Waals surface area contributed by atoms with Gasteiger partial charge in [-0.05, 0) is 19.8 Å². The molecule has 8 heavy (non-hydrogen) atoms. The molecule has 0 aromatic carbocycles. The Hall–Kier alpha value is -0.230. The lowest BCUT2D eigenvalue weighted by atomic mass is 10.3. The first-order valence-corrected chi connectivity index (χ1v) is 3.22. The first-order chi connectivity index (χ1) is 3.91. The maximum absolute atomic E-state index is 5.28. The zero-order valence-corrected chi connectivity index (χ0v) is 5.86. The minimum Gasteiger partial charge on any atom is -0.0933 e. The van der Waals surface area contributed by atoms with Gasteiger partial charge in [0.15, 0.2) is 0 Å². The second-order valence-electron chi connectivity index (χ2n) is 1.51. The van der Waals surface area contributed by atoms with Crippen molar-refractivity contribution in [2.45, 2.75) is 19.8 Å². The smallest absolute Gasteiger partial charge is 0.000256 e. The molecule has 0 radical (unpaired) electrons. The van der Waals surface area contributed by atoms with Gasteiger partial charge in [-0.25, -0.2) is 0 Å². The lowest BCUT2D eigenvalue weighted by Gasteiger charge is -1.80. The van der Waals surface area contributed by atoms with Crippen LogP contribution in [0.2, 0.25) is 0 Å². The Morgan fingerprint density at radius 1 is 1.25 bits per heavy atom. The fraction of sp³-hybridized carbons (Fsp3) is 0.429. The molecule has 0 atom stereocenters. The molecule has 0 saturated heterocycles. The molecule has 0 heterocycles. The average molecular weight is 131 g/mol. The molecule has 0 nitrogen and oxygen atoms in total. The number of rotatable bonds is 3. The average Bonchev–Trinajstić information content (AvgIpc) is 1.81. The minimum absolute atomic E-state index is 1.05. The number of allylic oxidation sites excluding steroid dienone is 3. The SMILES string of the molecule is C/C=C/CC/C=C/Cl. The molecule has 0 aromatic rings. The monoisotopic (exact) mass is 130 g/mol. The molecule has 0 rings (SSSR count). The lowest BCUT2D eigenvalue weighted by molar-refractivity contribution is 1.05. The zero-order valence-electron chi connectivity index (χ0n) is 5.10. The third-order valence-electron chi connectivity index (χ3n) is 0.825. The van der Waals surface area contributed by atoms with E-state index in [2.05, 4.69) is 6.08 Å².